The Balaban J connectivity index is 1.48. The zero-order chi connectivity index (χ0) is 16.4. The minimum Gasteiger partial charge on any atom is -0.351 e. The molecule has 2 aliphatic rings. The number of aryl methyl sites for hydroxylation is 2. The van der Waals surface area contributed by atoms with Gasteiger partial charge in [-0.2, -0.15) is 0 Å². The van der Waals surface area contributed by atoms with Crippen molar-refractivity contribution in [3.8, 4) is 0 Å². The number of nitrogens with one attached hydrogen (secondary N) is 1. The van der Waals surface area contributed by atoms with E-state index in [0.717, 1.165) is 63.5 Å². The van der Waals surface area contributed by atoms with Crippen LogP contribution < -0.4 is 5.32 Å². The van der Waals surface area contributed by atoms with Gasteiger partial charge in [-0.25, -0.2) is 0 Å². The quantitative estimate of drug-likeness (QED) is 0.911. The molecule has 1 aromatic rings. The maximum atomic E-state index is 12.6. The van der Waals surface area contributed by atoms with Crippen molar-refractivity contribution < 1.29 is 4.79 Å². The molecule has 1 aromatic heterocycles. The average molecular weight is 319 g/mol. The fraction of sp³-hybridized carbons (Fsp3) is 0.824. The maximum absolute atomic E-state index is 12.6. The number of carbonyl (C=O) groups is 1. The third kappa shape index (κ3) is 3.91. The Kier molecular flexibility index (Phi) is 4.99. The van der Waals surface area contributed by atoms with Crippen LogP contribution in [-0.2, 0) is 17.8 Å². The van der Waals surface area contributed by atoms with Crippen molar-refractivity contribution in [1.82, 2.24) is 25.0 Å². The molecule has 1 atom stereocenters. The molecule has 0 aromatic carbocycles. The standard InChI is InChI=1S/C17H29N5O/c1-12(2)10-21-8-6-14(7-9-21)17(23)18-15-4-5-16-20-19-13(3)22(16)11-15/h12,14-15H,4-11H2,1-3H3,(H,18,23). The number of hydrogen-bond donors (Lipinski definition) is 1. The normalized spacial score (nSPS) is 23.0. The summed E-state index contributed by atoms with van der Waals surface area (Å²) >= 11 is 0. The summed E-state index contributed by atoms with van der Waals surface area (Å²) in [7, 11) is 0. The van der Waals surface area contributed by atoms with Crippen molar-refractivity contribution in [2.45, 2.75) is 59.0 Å². The third-order valence-corrected chi connectivity index (χ3v) is 5.06. The second kappa shape index (κ2) is 6.99. The van der Waals surface area contributed by atoms with E-state index >= 15 is 0 Å². The molecule has 128 valence electrons. The molecular weight excluding hydrogens is 290 g/mol. The van der Waals surface area contributed by atoms with Crippen LogP contribution in [0, 0.1) is 18.8 Å². The highest BCUT2D eigenvalue weighted by atomic mass is 16.2. The third-order valence-electron chi connectivity index (χ3n) is 5.06. The van der Waals surface area contributed by atoms with Gasteiger partial charge in [-0.15, -0.1) is 10.2 Å². The van der Waals surface area contributed by atoms with E-state index in [9.17, 15) is 4.79 Å². The van der Waals surface area contributed by atoms with Crippen molar-refractivity contribution in [3.05, 3.63) is 11.6 Å². The molecule has 0 spiro atoms. The van der Waals surface area contributed by atoms with Crippen LogP contribution in [0.1, 0.15) is 44.8 Å². The zero-order valence-electron chi connectivity index (χ0n) is 14.6. The van der Waals surface area contributed by atoms with E-state index in [1.807, 2.05) is 6.92 Å². The van der Waals surface area contributed by atoms with E-state index in [4.69, 9.17) is 0 Å². The number of carbonyl (C=O) groups excluding carboxylic acids is 1. The highest BCUT2D eigenvalue weighted by Crippen LogP contribution is 2.20. The molecule has 1 saturated heterocycles. The number of rotatable bonds is 4. The highest BCUT2D eigenvalue weighted by molar-refractivity contribution is 5.79. The maximum Gasteiger partial charge on any atom is 0.223 e. The molecule has 0 saturated carbocycles. The van der Waals surface area contributed by atoms with Gasteiger partial charge in [-0.05, 0) is 45.2 Å². The number of amides is 1. The summed E-state index contributed by atoms with van der Waals surface area (Å²) < 4.78 is 2.14. The molecule has 0 bridgehead atoms. The molecule has 1 N–H and O–H groups in total. The summed E-state index contributed by atoms with van der Waals surface area (Å²) in [6, 6.07) is 0.221. The van der Waals surface area contributed by atoms with E-state index in [1.165, 1.54) is 0 Å². The summed E-state index contributed by atoms with van der Waals surface area (Å²) in [5.41, 5.74) is 0. The second-order valence-corrected chi connectivity index (χ2v) is 7.49. The van der Waals surface area contributed by atoms with E-state index in [2.05, 4.69) is 38.8 Å². The monoisotopic (exact) mass is 319 g/mol. The molecule has 2 aliphatic heterocycles. The lowest BCUT2D eigenvalue weighted by atomic mass is 9.94. The van der Waals surface area contributed by atoms with Crippen molar-refractivity contribution in [3.63, 3.8) is 0 Å². The van der Waals surface area contributed by atoms with Crippen molar-refractivity contribution >= 4 is 5.91 Å². The van der Waals surface area contributed by atoms with Crippen LogP contribution in [0.15, 0.2) is 0 Å². The first-order valence-corrected chi connectivity index (χ1v) is 8.94. The van der Waals surface area contributed by atoms with Crippen LogP contribution >= 0.6 is 0 Å². The van der Waals surface area contributed by atoms with Crippen molar-refractivity contribution in [2.75, 3.05) is 19.6 Å². The topological polar surface area (TPSA) is 63.1 Å². The van der Waals surface area contributed by atoms with Crippen LogP contribution in [0.2, 0.25) is 0 Å². The van der Waals surface area contributed by atoms with Crippen LogP contribution in [0.5, 0.6) is 0 Å². The van der Waals surface area contributed by atoms with Crippen LogP contribution in [0.4, 0.5) is 0 Å². The Hall–Kier alpha value is -1.43. The van der Waals surface area contributed by atoms with Gasteiger partial charge in [-0.1, -0.05) is 13.8 Å². The minimum absolute atomic E-state index is 0.182. The second-order valence-electron chi connectivity index (χ2n) is 7.49. The number of likely N-dealkylation sites (tertiary alicyclic amines) is 1. The Morgan fingerprint density at radius 1 is 1.26 bits per heavy atom. The van der Waals surface area contributed by atoms with E-state index in [0.29, 0.717) is 5.92 Å². The van der Waals surface area contributed by atoms with Gasteiger partial charge in [-0.3, -0.25) is 4.79 Å². The van der Waals surface area contributed by atoms with Gasteiger partial charge in [0.15, 0.2) is 0 Å². The predicted molar refractivity (Wildman–Crippen MR) is 89.0 cm³/mol. The molecule has 6 nitrogen and oxygen atoms in total. The van der Waals surface area contributed by atoms with Crippen LogP contribution in [0.25, 0.3) is 0 Å². The number of nitrogens with zero attached hydrogens (tertiary/aromatic N) is 4. The first kappa shape index (κ1) is 16.4. The van der Waals surface area contributed by atoms with Crippen molar-refractivity contribution in [2.24, 2.45) is 11.8 Å². The van der Waals surface area contributed by atoms with Gasteiger partial charge in [0, 0.05) is 31.5 Å². The summed E-state index contributed by atoms with van der Waals surface area (Å²) in [5.74, 6) is 3.12. The highest BCUT2D eigenvalue weighted by Gasteiger charge is 2.28. The molecule has 0 radical (unpaired) electrons. The summed E-state index contributed by atoms with van der Waals surface area (Å²) in [5, 5.41) is 11.6. The minimum atomic E-state index is 0.182. The number of piperidine rings is 1. The Morgan fingerprint density at radius 2 is 2.00 bits per heavy atom. The smallest absolute Gasteiger partial charge is 0.223 e. The van der Waals surface area contributed by atoms with E-state index in [-0.39, 0.29) is 17.9 Å². The fourth-order valence-corrected chi connectivity index (χ4v) is 3.79. The lowest BCUT2D eigenvalue weighted by Gasteiger charge is -2.33. The first-order chi connectivity index (χ1) is 11.0. The van der Waals surface area contributed by atoms with Gasteiger partial charge >= 0.3 is 0 Å². The van der Waals surface area contributed by atoms with E-state index in [1.54, 1.807) is 0 Å². The van der Waals surface area contributed by atoms with Gasteiger partial charge in [0.05, 0.1) is 0 Å². The molecule has 1 fully saturated rings. The number of aromatic nitrogens is 3. The molecular formula is C17H29N5O. The first-order valence-electron chi connectivity index (χ1n) is 8.94. The Bertz CT molecular complexity index is 545. The Labute approximate surface area is 138 Å². The van der Waals surface area contributed by atoms with Crippen molar-refractivity contribution in [1.29, 1.82) is 0 Å². The lowest BCUT2D eigenvalue weighted by Crippen LogP contribution is -2.47. The van der Waals surface area contributed by atoms with Gasteiger partial charge < -0.3 is 14.8 Å². The van der Waals surface area contributed by atoms with Crippen LogP contribution in [0.3, 0.4) is 0 Å². The molecule has 1 amide bonds. The fourth-order valence-electron chi connectivity index (χ4n) is 3.79. The molecule has 1 unspecified atom stereocenters. The number of fused-ring (bicyclic) bond motifs is 1. The average Bonchev–Trinajstić information content (AvgIpc) is 2.88. The summed E-state index contributed by atoms with van der Waals surface area (Å²) in [4.78, 5) is 15.0. The number of hydrogen-bond acceptors (Lipinski definition) is 4. The molecule has 3 heterocycles. The van der Waals surface area contributed by atoms with Crippen LogP contribution in [-0.4, -0.2) is 51.2 Å². The largest absolute Gasteiger partial charge is 0.351 e. The molecule has 23 heavy (non-hydrogen) atoms. The molecule has 3 rings (SSSR count). The van der Waals surface area contributed by atoms with Gasteiger partial charge in [0.1, 0.15) is 11.6 Å². The van der Waals surface area contributed by atoms with E-state index < -0.39 is 0 Å². The summed E-state index contributed by atoms with van der Waals surface area (Å²) in [6.45, 7) is 10.5. The Morgan fingerprint density at radius 3 is 2.70 bits per heavy atom. The molecule has 6 heteroatoms. The zero-order valence-corrected chi connectivity index (χ0v) is 14.6. The lowest BCUT2D eigenvalue weighted by molar-refractivity contribution is -0.127. The molecule has 0 aliphatic carbocycles. The SMILES string of the molecule is Cc1nnc2n1CC(NC(=O)C1CCN(CC(C)C)CC1)CC2. The predicted octanol–water partition coefficient (Wildman–Crippen LogP) is 1.39. The van der Waals surface area contributed by atoms with Gasteiger partial charge in [0.2, 0.25) is 5.91 Å². The summed E-state index contributed by atoms with van der Waals surface area (Å²) in [6.07, 6.45) is 3.85. The van der Waals surface area contributed by atoms with Gasteiger partial charge in [0.25, 0.3) is 0 Å².